The van der Waals surface area contributed by atoms with Gasteiger partial charge in [0.1, 0.15) is 11.8 Å². The van der Waals surface area contributed by atoms with Gasteiger partial charge in [0, 0.05) is 30.1 Å². The summed E-state index contributed by atoms with van der Waals surface area (Å²) >= 11 is 0. The average Bonchev–Trinajstić information content (AvgIpc) is 3.11. The molecule has 0 bridgehead atoms. The lowest BCUT2D eigenvalue weighted by molar-refractivity contribution is -0.124. The first-order chi connectivity index (χ1) is 19.3. The number of ether oxygens (including phenoxy) is 2. The highest BCUT2D eigenvalue weighted by Gasteiger charge is 2.31. The van der Waals surface area contributed by atoms with Crippen LogP contribution in [0.25, 0.3) is 11.1 Å². The van der Waals surface area contributed by atoms with Gasteiger partial charge in [-0.1, -0.05) is 37.8 Å². The van der Waals surface area contributed by atoms with Crippen molar-refractivity contribution in [3.63, 3.8) is 0 Å². The highest BCUT2D eigenvalue weighted by Crippen LogP contribution is 2.29. The minimum absolute atomic E-state index is 0.0436. The maximum Gasteiger partial charge on any atom is 0.270 e. The van der Waals surface area contributed by atoms with Crippen molar-refractivity contribution in [2.24, 2.45) is 16.6 Å². The lowest BCUT2D eigenvalue weighted by Crippen LogP contribution is -2.50. The maximum atomic E-state index is 13.6. The van der Waals surface area contributed by atoms with Gasteiger partial charge in [-0.05, 0) is 69.5 Å². The molecule has 0 spiro atoms. The summed E-state index contributed by atoms with van der Waals surface area (Å²) < 4.78 is 10.7. The molecule has 5 N–H and O–H groups in total. The minimum atomic E-state index is -0.680. The van der Waals surface area contributed by atoms with Crippen LogP contribution in [0.15, 0.2) is 41.5 Å². The number of nitrogens with two attached hydrogens (primary N) is 1. The van der Waals surface area contributed by atoms with Crippen LogP contribution >= 0.6 is 0 Å². The van der Waals surface area contributed by atoms with Crippen LogP contribution in [-0.2, 0) is 25.7 Å². The van der Waals surface area contributed by atoms with Gasteiger partial charge in [-0.15, -0.1) is 0 Å². The van der Waals surface area contributed by atoms with Gasteiger partial charge in [0.2, 0.25) is 5.91 Å². The Morgan fingerprint density at radius 2 is 1.85 bits per heavy atom. The number of rotatable bonds is 13. The molecule has 1 fully saturated rings. The molecule has 40 heavy (non-hydrogen) atoms. The fraction of sp³-hybridized carbons (Fsp3) is 0.533. The zero-order valence-electron chi connectivity index (χ0n) is 24.2. The molecule has 10 nitrogen and oxygen atoms in total. The van der Waals surface area contributed by atoms with Crippen molar-refractivity contribution in [1.82, 2.24) is 15.5 Å². The van der Waals surface area contributed by atoms with Crippen LogP contribution in [-0.4, -0.2) is 60.1 Å². The van der Waals surface area contributed by atoms with E-state index in [2.05, 4.69) is 25.8 Å². The van der Waals surface area contributed by atoms with Crippen molar-refractivity contribution < 1.29 is 19.1 Å². The molecule has 1 saturated carbocycles. The maximum absolute atomic E-state index is 13.6. The smallest absolute Gasteiger partial charge is 0.270 e. The standard InChI is InChI=1S/C30H44N6O4/c1-20(2)32-25(15-16-31)29(37)34-28(23-9-7-5-6-8-10-23)30(38)33-24-13-11-22(12-14-24)27-21(3)35-36-26(27)19-40-18-17-39-4/h11-16,20,23,28H,5-10,17-19,31H2,1-4H3,(H,33,38)(H,34,37)(H,35,36)/b16-15-,32-25?/t28-/m0/s1. The van der Waals surface area contributed by atoms with Crippen LogP contribution in [0.3, 0.4) is 0 Å². The summed E-state index contributed by atoms with van der Waals surface area (Å²) in [5, 5.41) is 13.4. The zero-order chi connectivity index (χ0) is 28.9. The number of benzene rings is 1. The topological polar surface area (TPSA) is 144 Å². The van der Waals surface area contributed by atoms with Gasteiger partial charge in [0.05, 0.1) is 25.5 Å². The molecular formula is C30H44N6O4. The molecule has 3 rings (SSSR count). The van der Waals surface area contributed by atoms with Crippen LogP contribution in [0.1, 0.15) is 63.8 Å². The number of aromatic amines is 1. The number of carbonyl (C=O) groups is 2. The Labute approximate surface area is 237 Å². The van der Waals surface area contributed by atoms with E-state index in [9.17, 15) is 9.59 Å². The van der Waals surface area contributed by atoms with Crippen molar-refractivity contribution in [1.29, 1.82) is 0 Å². The summed E-state index contributed by atoms with van der Waals surface area (Å²) in [5.74, 6) is -0.590. The van der Waals surface area contributed by atoms with Gasteiger partial charge < -0.3 is 25.8 Å². The third kappa shape index (κ3) is 9.02. The molecule has 1 aromatic heterocycles. The van der Waals surface area contributed by atoms with E-state index in [1.54, 1.807) is 7.11 Å². The Balaban J connectivity index is 1.77. The van der Waals surface area contributed by atoms with E-state index in [4.69, 9.17) is 15.2 Å². The number of carbonyl (C=O) groups excluding carboxylic acids is 2. The molecule has 0 saturated heterocycles. The quantitative estimate of drug-likeness (QED) is 0.166. The Hall–Kier alpha value is -3.50. The molecule has 0 radical (unpaired) electrons. The predicted octanol–water partition coefficient (Wildman–Crippen LogP) is 4.26. The summed E-state index contributed by atoms with van der Waals surface area (Å²) in [6.07, 6.45) is 8.90. The van der Waals surface area contributed by atoms with E-state index < -0.39 is 11.9 Å². The molecule has 1 aliphatic carbocycles. The van der Waals surface area contributed by atoms with Crippen LogP contribution in [0.2, 0.25) is 0 Å². The number of aromatic nitrogens is 2. The summed E-state index contributed by atoms with van der Waals surface area (Å²) in [7, 11) is 1.64. The molecule has 0 aliphatic heterocycles. The van der Waals surface area contributed by atoms with Crippen molar-refractivity contribution >= 4 is 23.2 Å². The highest BCUT2D eigenvalue weighted by atomic mass is 16.5. The van der Waals surface area contributed by atoms with Gasteiger partial charge in [-0.25, -0.2) is 0 Å². The minimum Gasteiger partial charge on any atom is -0.405 e. The van der Waals surface area contributed by atoms with E-state index in [1.807, 2.05) is 45.0 Å². The molecule has 1 aliphatic rings. The van der Waals surface area contributed by atoms with Gasteiger partial charge in [0.25, 0.3) is 5.91 Å². The first-order valence-electron chi connectivity index (χ1n) is 14.1. The first kappa shape index (κ1) is 31.0. The molecular weight excluding hydrogens is 508 g/mol. The number of hydrogen-bond donors (Lipinski definition) is 4. The lowest BCUT2D eigenvalue weighted by atomic mass is 9.90. The van der Waals surface area contributed by atoms with E-state index >= 15 is 0 Å². The number of aryl methyl sites for hydroxylation is 1. The summed E-state index contributed by atoms with van der Waals surface area (Å²) in [5.41, 5.74) is 10.1. The Bertz CT molecular complexity index is 1150. The normalized spacial score (nSPS) is 15.8. The average molecular weight is 553 g/mol. The number of methoxy groups -OCH3 is 1. The van der Waals surface area contributed by atoms with Gasteiger partial charge >= 0.3 is 0 Å². The summed E-state index contributed by atoms with van der Waals surface area (Å²) in [6, 6.07) is 6.86. The number of hydrogen-bond acceptors (Lipinski definition) is 7. The fourth-order valence-electron chi connectivity index (χ4n) is 5.02. The highest BCUT2D eigenvalue weighted by molar-refractivity contribution is 6.43. The van der Waals surface area contributed by atoms with Crippen molar-refractivity contribution in [2.45, 2.75) is 78.0 Å². The Kier molecular flexibility index (Phi) is 12.4. The zero-order valence-corrected chi connectivity index (χ0v) is 24.2. The van der Waals surface area contributed by atoms with Crippen molar-refractivity contribution in [3.05, 3.63) is 47.9 Å². The summed E-state index contributed by atoms with van der Waals surface area (Å²) in [6.45, 7) is 7.11. The van der Waals surface area contributed by atoms with E-state index in [0.717, 1.165) is 61.0 Å². The Morgan fingerprint density at radius 1 is 1.15 bits per heavy atom. The molecule has 1 heterocycles. The van der Waals surface area contributed by atoms with Crippen molar-refractivity contribution in [2.75, 3.05) is 25.6 Å². The molecule has 1 atom stereocenters. The SMILES string of the molecule is COCCOCc1n[nH]c(C)c1-c1ccc(NC(=O)[C@@H](NC(=O)C(/C=C\N)=NC(C)C)C2CCCCCC2)cc1. The largest absolute Gasteiger partial charge is 0.405 e. The molecule has 1 aromatic carbocycles. The number of aliphatic imine (C=N–C) groups is 1. The lowest BCUT2D eigenvalue weighted by Gasteiger charge is -2.26. The molecule has 218 valence electrons. The third-order valence-electron chi connectivity index (χ3n) is 6.96. The van der Waals surface area contributed by atoms with Crippen LogP contribution in [0.4, 0.5) is 5.69 Å². The van der Waals surface area contributed by atoms with Crippen LogP contribution in [0, 0.1) is 12.8 Å². The van der Waals surface area contributed by atoms with E-state index in [-0.39, 0.29) is 23.6 Å². The molecule has 0 unspecified atom stereocenters. The van der Waals surface area contributed by atoms with Crippen LogP contribution in [0.5, 0.6) is 0 Å². The second-order valence-electron chi connectivity index (χ2n) is 10.5. The monoisotopic (exact) mass is 552 g/mol. The predicted molar refractivity (Wildman–Crippen MR) is 158 cm³/mol. The number of H-pyrrole nitrogens is 1. The number of amides is 2. The molecule has 2 aromatic rings. The van der Waals surface area contributed by atoms with Gasteiger partial charge in [0.15, 0.2) is 0 Å². The fourth-order valence-corrected chi connectivity index (χ4v) is 5.02. The van der Waals surface area contributed by atoms with E-state index in [1.165, 1.54) is 12.3 Å². The second-order valence-corrected chi connectivity index (χ2v) is 10.5. The third-order valence-corrected chi connectivity index (χ3v) is 6.96. The second kappa shape index (κ2) is 15.9. The van der Waals surface area contributed by atoms with Gasteiger partial charge in [-0.2, -0.15) is 5.10 Å². The number of nitrogens with one attached hydrogen (secondary N) is 3. The first-order valence-corrected chi connectivity index (χ1v) is 14.1. The molecule has 2 amide bonds. The summed E-state index contributed by atoms with van der Waals surface area (Å²) in [4.78, 5) is 31.2. The number of nitrogens with zero attached hydrogens (tertiary/aromatic N) is 2. The number of anilines is 1. The van der Waals surface area contributed by atoms with Gasteiger partial charge in [-0.3, -0.25) is 19.7 Å². The van der Waals surface area contributed by atoms with Crippen molar-refractivity contribution in [3.8, 4) is 11.1 Å². The molecule has 10 heteroatoms. The Morgan fingerprint density at radius 3 is 2.48 bits per heavy atom. The van der Waals surface area contributed by atoms with Crippen LogP contribution < -0.4 is 16.4 Å². The van der Waals surface area contributed by atoms with E-state index in [0.29, 0.717) is 25.5 Å².